The third-order valence-electron chi connectivity index (χ3n) is 3.25. The number of nitrogens with zero attached hydrogens (tertiary/aromatic N) is 3. The number of hydrogen-bond donors (Lipinski definition) is 1. The molecule has 0 bridgehead atoms. The average molecular weight is 367 g/mol. The molecule has 0 spiro atoms. The Morgan fingerprint density at radius 3 is 2.71 bits per heavy atom. The zero-order chi connectivity index (χ0) is 18.1. The molecule has 1 rings (SSSR count). The first-order valence-electron chi connectivity index (χ1n) is 7.40. The van der Waals surface area contributed by atoms with Crippen LogP contribution in [0.15, 0.2) is 56.1 Å². The van der Waals surface area contributed by atoms with Gasteiger partial charge in [0, 0.05) is 38.9 Å². The minimum atomic E-state index is 0.242. The fraction of sp³-hybridized carbons (Fsp3) is 0.353. The second-order valence-corrected chi connectivity index (χ2v) is 6.56. The van der Waals surface area contributed by atoms with Gasteiger partial charge >= 0.3 is 0 Å². The Labute approximate surface area is 153 Å². The predicted molar refractivity (Wildman–Crippen MR) is 106 cm³/mol. The average Bonchev–Trinajstić information content (AvgIpc) is 2.90. The monoisotopic (exact) mass is 366 g/mol. The number of likely N-dealkylation sites (N-methyl/N-ethyl adjacent to an activating group) is 1. The molecule has 0 radical (unpaired) electrons. The van der Waals surface area contributed by atoms with Gasteiger partial charge in [0.15, 0.2) is 6.29 Å². The Morgan fingerprint density at radius 2 is 2.21 bits per heavy atom. The summed E-state index contributed by atoms with van der Waals surface area (Å²) in [5.41, 5.74) is 3.93. The molecule has 0 aromatic rings. The number of nitrogens with one attached hydrogen (secondary N) is 1. The molecule has 1 aliphatic rings. The summed E-state index contributed by atoms with van der Waals surface area (Å²) in [4.78, 5) is 22.6. The molecule has 1 N–H and O–H groups in total. The number of aliphatic imine (C=N–C) groups is 2. The van der Waals surface area contributed by atoms with Crippen molar-refractivity contribution in [1.82, 2.24) is 10.2 Å². The van der Waals surface area contributed by atoms with Crippen molar-refractivity contribution in [1.29, 1.82) is 0 Å². The van der Waals surface area contributed by atoms with Gasteiger partial charge in [-0.25, -0.2) is 0 Å². The van der Waals surface area contributed by atoms with E-state index in [1.165, 1.54) is 17.3 Å². The Balaban J connectivity index is 3.13. The van der Waals surface area contributed by atoms with Gasteiger partial charge in [-0.1, -0.05) is 42.9 Å². The number of allylic oxidation sites excluding steroid dienone is 3. The van der Waals surface area contributed by atoms with Crippen LogP contribution in [0.4, 0.5) is 0 Å². The first kappa shape index (κ1) is 20.3. The van der Waals surface area contributed by atoms with Crippen molar-refractivity contribution < 1.29 is 4.79 Å². The molecule has 0 amide bonds. The Kier molecular flexibility index (Phi) is 8.57. The second-order valence-electron chi connectivity index (χ2n) is 5.28. The number of aldehydes is 1. The van der Waals surface area contributed by atoms with Crippen LogP contribution >= 0.6 is 23.4 Å². The maximum absolute atomic E-state index is 11.4. The summed E-state index contributed by atoms with van der Waals surface area (Å²) in [6.45, 7) is 6.49. The van der Waals surface area contributed by atoms with Crippen molar-refractivity contribution in [3.05, 3.63) is 46.1 Å². The van der Waals surface area contributed by atoms with E-state index < -0.39 is 0 Å². The highest BCUT2D eigenvalue weighted by atomic mass is 35.5. The predicted octanol–water partition coefficient (Wildman–Crippen LogP) is 3.18. The fourth-order valence-corrected chi connectivity index (χ4v) is 3.25. The molecule has 0 saturated carbocycles. The zero-order valence-electron chi connectivity index (χ0n) is 14.4. The van der Waals surface area contributed by atoms with Gasteiger partial charge in [0.05, 0.1) is 22.5 Å². The molecule has 1 unspecified atom stereocenters. The van der Waals surface area contributed by atoms with E-state index in [4.69, 9.17) is 11.6 Å². The topological polar surface area (TPSA) is 57.1 Å². The summed E-state index contributed by atoms with van der Waals surface area (Å²) in [6.07, 6.45) is 6.05. The third kappa shape index (κ3) is 5.11. The van der Waals surface area contributed by atoms with Crippen LogP contribution in [0.25, 0.3) is 0 Å². The van der Waals surface area contributed by atoms with Crippen LogP contribution in [0.1, 0.15) is 6.92 Å². The van der Waals surface area contributed by atoms with E-state index in [0.717, 1.165) is 22.6 Å². The lowest BCUT2D eigenvalue weighted by Gasteiger charge is -2.18. The van der Waals surface area contributed by atoms with Crippen molar-refractivity contribution >= 4 is 41.0 Å². The van der Waals surface area contributed by atoms with Crippen molar-refractivity contribution in [3.8, 4) is 0 Å². The summed E-state index contributed by atoms with van der Waals surface area (Å²) < 4.78 is 0. The minimum Gasteiger partial charge on any atom is -0.377 e. The van der Waals surface area contributed by atoms with Gasteiger partial charge in [0.2, 0.25) is 0 Å². The first-order chi connectivity index (χ1) is 11.5. The van der Waals surface area contributed by atoms with Gasteiger partial charge in [-0.3, -0.25) is 14.8 Å². The minimum absolute atomic E-state index is 0.242. The highest BCUT2D eigenvalue weighted by molar-refractivity contribution is 8.18. The van der Waals surface area contributed by atoms with Crippen molar-refractivity contribution in [2.75, 3.05) is 27.7 Å². The molecule has 1 aliphatic heterocycles. The van der Waals surface area contributed by atoms with Gasteiger partial charge in [-0.15, -0.1) is 0 Å². The van der Waals surface area contributed by atoms with Crippen LogP contribution in [0.2, 0.25) is 0 Å². The lowest BCUT2D eigenvalue weighted by atomic mass is 10.1. The Morgan fingerprint density at radius 1 is 1.50 bits per heavy atom. The van der Waals surface area contributed by atoms with Gasteiger partial charge in [0.1, 0.15) is 5.04 Å². The smallest absolute Gasteiger partial charge is 0.158 e. The van der Waals surface area contributed by atoms with Crippen LogP contribution < -0.4 is 5.32 Å². The van der Waals surface area contributed by atoms with Gasteiger partial charge in [-0.05, 0) is 12.0 Å². The first-order valence-corrected chi connectivity index (χ1v) is 8.65. The number of rotatable bonds is 8. The highest BCUT2D eigenvalue weighted by Crippen LogP contribution is 2.37. The van der Waals surface area contributed by atoms with Gasteiger partial charge in [-0.2, -0.15) is 0 Å². The van der Waals surface area contributed by atoms with E-state index in [2.05, 4.69) is 21.9 Å². The van der Waals surface area contributed by atoms with E-state index in [0.29, 0.717) is 17.1 Å². The zero-order valence-corrected chi connectivity index (χ0v) is 16.0. The molecule has 0 fully saturated rings. The van der Waals surface area contributed by atoms with E-state index >= 15 is 0 Å². The fourth-order valence-electron chi connectivity index (χ4n) is 2.08. The summed E-state index contributed by atoms with van der Waals surface area (Å²) in [5, 5.41) is 3.90. The van der Waals surface area contributed by atoms with Crippen LogP contribution in [0, 0.1) is 5.92 Å². The van der Waals surface area contributed by atoms with Crippen molar-refractivity contribution in [3.63, 3.8) is 0 Å². The molecule has 24 heavy (non-hydrogen) atoms. The summed E-state index contributed by atoms with van der Waals surface area (Å²) in [6, 6.07) is 0. The highest BCUT2D eigenvalue weighted by Gasteiger charge is 2.29. The van der Waals surface area contributed by atoms with E-state index in [-0.39, 0.29) is 5.92 Å². The Hall–Kier alpha value is -1.79. The standard InChI is InChI=1S/C17H23ClN4OS/c1-6-13(22(4)5)15-16(14(10-23)24-17(15)19-3)21-11-20-9-12(2)7-8-18/h6-8,10-12H,1,9H2,2-5H3,(H,20,21)/b8-7+,15-13+,19-17?. The molecule has 1 atom stereocenters. The van der Waals surface area contributed by atoms with Crippen LogP contribution in [0.5, 0.6) is 0 Å². The largest absolute Gasteiger partial charge is 0.377 e. The molecule has 0 aromatic carbocycles. The molecule has 0 aliphatic carbocycles. The lowest BCUT2D eigenvalue weighted by Crippen LogP contribution is -2.20. The Bertz CT molecular complexity index is 633. The normalized spacial score (nSPS) is 20.1. The van der Waals surface area contributed by atoms with Crippen molar-refractivity contribution in [2.24, 2.45) is 15.9 Å². The summed E-state index contributed by atoms with van der Waals surface area (Å²) in [7, 11) is 5.55. The van der Waals surface area contributed by atoms with Gasteiger partial charge in [0.25, 0.3) is 0 Å². The molecular weight excluding hydrogens is 344 g/mol. The SMILES string of the molecule is C=C/C(=C1\C(=NC)SC(C=O)=C1NC=NCC(C)/C=C/Cl)N(C)C. The number of carbonyl (C=O) groups is 1. The number of thioether (sulfide) groups is 1. The number of hydrogen-bond acceptors (Lipinski definition) is 5. The third-order valence-corrected chi connectivity index (χ3v) is 4.50. The lowest BCUT2D eigenvalue weighted by molar-refractivity contribution is -0.104. The molecule has 0 aromatic heterocycles. The molecular formula is C17H23ClN4OS. The van der Waals surface area contributed by atoms with E-state index in [9.17, 15) is 4.79 Å². The summed E-state index contributed by atoms with van der Waals surface area (Å²) in [5.74, 6) is 0.242. The number of carbonyl (C=O) groups excluding carboxylic acids is 1. The van der Waals surface area contributed by atoms with Crippen LogP contribution in [0.3, 0.4) is 0 Å². The van der Waals surface area contributed by atoms with E-state index in [1.807, 2.05) is 32.0 Å². The van der Waals surface area contributed by atoms with E-state index in [1.54, 1.807) is 19.5 Å². The molecule has 5 nitrogen and oxygen atoms in total. The van der Waals surface area contributed by atoms with Crippen molar-refractivity contribution in [2.45, 2.75) is 6.92 Å². The molecule has 130 valence electrons. The maximum Gasteiger partial charge on any atom is 0.158 e. The summed E-state index contributed by atoms with van der Waals surface area (Å²) >= 11 is 6.89. The van der Waals surface area contributed by atoms with Gasteiger partial charge < -0.3 is 10.2 Å². The van der Waals surface area contributed by atoms with Crippen LogP contribution in [-0.4, -0.2) is 50.3 Å². The maximum atomic E-state index is 11.4. The van der Waals surface area contributed by atoms with Crippen LogP contribution in [-0.2, 0) is 4.79 Å². The number of halogens is 1. The quantitative estimate of drug-likeness (QED) is 0.407. The molecule has 1 heterocycles. The molecule has 7 heteroatoms. The molecule has 0 saturated heterocycles. The second kappa shape index (κ2) is 10.2.